The molecule has 0 atom stereocenters. The van der Waals surface area contributed by atoms with Gasteiger partial charge in [0.15, 0.2) is 0 Å². The topological polar surface area (TPSA) is 63.5 Å². The molecule has 1 rings (SSSR count). The Bertz CT molecular complexity index is 468. The largest absolute Gasteiger partial charge is 0.341 e. The van der Waals surface area contributed by atoms with E-state index in [2.05, 4.69) is 0 Å². The molecule has 5 nitrogen and oxygen atoms in total. The number of nitrogens with zero attached hydrogens (tertiary/aromatic N) is 2. The maximum absolute atomic E-state index is 11.6. The summed E-state index contributed by atoms with van der Waals surface area (Å²) in [7, 11) is 1.65. The minimum Gasteiger partial charge on any atom is -0.341 e. The van der Waals surface area contributed by atoms with E-state index in [9.17, 15) is 14.9 Å². The molecule has 98 valence electrons. The van der Waals surface area contributed by atoms with Crippen LogP contribution in [0.4, 0.5) is 5.69 Å². The second-order valence-corrected chi connectivity index (χ2v) is 4.99. The normalized spacial score (nSPS) is 10.2. The van der Waals surface area contributed by atoms with Gasteiger partial charge in [0.1, 0.15) is 0 Å². The summed E-state index contributed by atoms with van der Waals surface area (Å²) in [5.74, 6) is 0.341. The third kappa shape index (κ3) is 3.89. The lowest BCUT2D eigenvalue weighted by Crippen LogP contribution is -2.27. The molecule has 0 aliphatic carbocycles. The molecule has 0 aliphatic heterocycles. The number of thioether (sulfide) groups is 1. The lowest BCUT2D eigenvalue weighted by atomic mass is 10.2. The predicted molar refractivity (Wildman–Crippen MR) is 73.0 cm³/mol. The summed E-state index contributed by atoms with van der Waals surface area (Å²) in [6, 6.07) is 4.21. The molecule has 18 heavy (non-hydrogen) atoms. The van der Waals surface area contributed by atoms with Crippen LogP contribution in [-0.4, -0.2) is 34.8 Å². The number of halogens is 1. The van der Waals surface area contributed by atoms with E-state index < -0.39 is 4.92 Å². The number of carbonyl (C=O) groups is 1. The van der Waals surface area contributed by atoms with Crippen molar-refractivity contribution in [2.45, 2.75) is 6.54 Å². The van der Waals surface area contributed by atoms with Gasteiger partial charge in [0.2, 0.25) is 5.91 Å². The molecule has 0 saturated carbocycles. The van der Waals surface area contributed by atoms with Crippen molar-refractivity contribution < 1.29 is 9.72 Å². The lowest BCUT2D eigenvalue weighted by molar-refractivity contribution is -0.384. The molecule has 1 aromatic rings. The fourth-order valence-electron chi connectivity index (χ4n) is 1.37. The van der Waals surface area contributed by atoms with Gasteiger partial charge in [-0.3, -0.25) is 14.9 Å². The Kier molecular flexibility index (Phi) is 5.43. The maximum atomic E-state index is 11.6. The monoisotopic (exact) mass is 288 g/mol. The molecule has 0 radical (unpaired) electrons. The summed E-state index contributed by atoms with van der Waals surface area (Å²) in [5, 5.41) is 11.1. The van der Waals surface area contributed by atoms with Gasteiger partial charge in [-0.25, -0.2) is 0 Å². The van der Waals surface area contributed by atoms with Crippen molar-refractivity contribution >= 4 is 35.0 Å². The first-order chi connectivity index (χ1) is 8.45. The van der Waals surface area contributed by atoms with E-state index in [0.29, 0.717) is 16.3 Å². The van der Waals surface area contributed by atoms with Crippen LogP contribution in [0.5, 0.6) is 0 Å². The number of hydrogen-bond acceptors (Lipinski definition) is 4. The molecule has 0 N–H and O–H groups in total. The van der Waals surface area contributed by atoms with Gasteiger partial charge in [0.25, 0.3) is 5.69 Å². The molecule has 0 aliphatic rings. The number of nitro groups is 1. The molecule has 7 heteroatoms. The Balaban J connectivity index is 2.86. The number of non-ortho nitro benzene ring substituents is 1. The maximum Gasteiger partial charge on any atom is 0.269 e. The van der Waals surface area contributed by atoms with E-state index in [-0.39, 0.29) is 18.1 Å². The van der Waals surface area contributed by atoms with Gasteiger partial charge in [-0.2, -0.15) is 11.8 Å². The minimum absolute atomic E-state index is 0.0277. The van der Waals surface area contributed by atoms with Crippen LogP contribution in [0.3, 0.4) is 0 Å². The Morgan fingerprint density at radius 2 is 2.22 bits per heavy atom. The van der Waals surface area contributed by atoms with Gasteiger partial charge < -0.3 is 4.90 Å². The van der Waals surface area contributed by atoms with Crippen LogP contribution in [0.2, 0.25) is 5.02 Å². The fourth-order valence-corrected chi connectivity index (χ4v) is 2.02. The Morgan fingerprint density at radius 3 is 2.78 bits per heavy atom. The summed E-state index contributed by atoms with van der Waals surface area (Å²) in [5.41, 5.74) is 0.544. The lowest BCUT2D eigenvalue weighted by Gasteiger charge is -2.17. The van der Waals surface area contributed by atoms with Crippen molar-refractivity contribution in [3.63, 3.8) is 0 Å². The molecule has 0 spiro atoms. The van der Waals surface area contributed by atoms with Crippen LogP contribution >= 0.6 is 23.4 Å². The zero-order chi connectivity index (χ0) is 13.7. The number of nitro benzene ring substituents is 1. The summed E-state index contributed by atoms with van der Waals surface area (Å²) >= 11 is 7.39. The first-order valence-electron chi connectivity index (χ1n) is 5.11. The highest BCUT2D eigenvalue weighted by Gasteiger charge is 2.14. The number of benzene rings is 1. The Morgan fingerprint density at radius 1 is 1.56 bits per heavy atom. The predicted octanol–water partition coefficient (Wildman–Crippen LogP) is 2.57. The fraction of sp³-hybridized carbons (Fsp3) is 0.364. The number of amides is 1. The van der Waals surface area contributed by atoms with Crippen molar-refractivity contribution in [1.82, 2.24) is 4.90 Å². The third-order valence-corrected chi connectivity index (χ3v) is 3.25. The third-order valence-electron chi connectivity index (χ3n) is 2.34. The average molecular weight is 289 g/mol. The van der Waals surface area contributed by atoms with Crippen LogP contribution in [0.1, 0.15) is 5.56 Å². The molecular weight excluding hydrogens is 276 g/mol. The average Bonchev–Trinajstić information content (AvgIpc) is 2.31. The summed E-state index contributed by atoms with van der Waals surface area (Å²) in [6.45, 7) is 0.264. The van der Waals surface area contributed by atoms with Crippen molar-refractivity contribution in [2.24, 2.45) is 0 Å². The molecule has 0 unspecified atom stereocenters. The van der Waals surface area contributed by atoms with Crippen molar-refractivity contribution in [1.29, 1.82) is 0 Å². The zero-order valence-electron chi connectivity index (χ0n) is 10.1. The molecular formula is C11H13ClN2O3S. The van der Waals surface area contributed by atoms with Crippen LogP contribution in [0.25, 0.3) is 0 Å². The zero-order valence-corrected chi connectivity index (χ0v) is 11.6. The van der Waals surface area contributed by atoms with E-state index in [1.807, 2.05) is 6.26 Å². The minimum atomic E-state index is -0.483. The molecule has 0 saturated heterocycles. The summed E-state index contributed by atoms with van der Waals surface area (Å²) in [6.07, 6.45) is 1.84. The molecule has 0 aromatic heterocycles. The van der Waals surface area contributed by atoms with E-state index in [4.69, 9.17) is 11.6 Å². The highest BCUT2D eigenvalue weighted by atomic mass is 35.5. The molecule has 0 heterocycles. The van der Waals surface area contributed by atoms with Gasteiger partial charge in [0.05, 0.1) is 10.7 Å². The smallest absolute Gasteiger partial charge is 0.269 e. The summed E-state index contributed by atoms with van der Waals surface area (Å²) in [4.78, 5) is 23.3. The van der Waals surface area contributed by atoms with Gasteiger partial charge in [-0.1, -0.05) is 11.6 Å². The molecule has 1 aromatic carbocycles. The highest BCUT2D eigenvalue weighted by molar-refractivity contribution is 7.99. The number of hydrogen-bond donors (Lipinski definition) is 0. The standard InChI is InChI=1S/C11H13ClN2O3S/c1-13(11(15)7-18-2)6-8-5-9(14(16)17)3-4-10(8)12/h3-5H,6-7H2,1-2H3. The van der Waals surface area contributed by atoms with Gasteiger partial charge >= 0.3 is 0 Å². The van der Waals surface area contributed by atoms with Gasteiger partial charge in [-0.05, 0) is 17.9 Å². The van der Waals surface area contributed by atoms with Crippen LogP contribution in [0, 0.1) is 10.1 Å². The Hall–Kier alpha value is -1.27. The van der Waals surface area contributed by atoms with E-state index >= 15 is 0 Å². The van der Waals surface area contributed by atoms with Crippen LogP contribution < -0.4 is 0 Å². The first kappa shape index (κ1) is 14.8. The summed E-state index contributed by atoms with van der Waals surface area (Å²) < 4.78 is 0. The van der Waals surface area contributed by atoms with Crippen molar-refractivity contribution in [3.05, 3.63) is 38.9 Å². The number of carbonyl (C=O) groups excluding carboxylic acids is 1. The van der Waals surface area contributed by atoms with Gasteiger partial charge in [0, 0.05) is 30.7 Å². The second-order valence-electron chi connectivity index (χ2n) is 3.72. The highest BCUT2D eigenvalue weighted by Crippen LogP contribution is 2.23. The molecule has 0 bridgehead atoms. The van der Waals surface area contributed by atoms with E-state index in [1.54, 1.807) is 7.05 Å². The van der Waals surface area contributed by atoms with E-state index in [0.717, 1.165) is 0 Å². The van der Waals surface area contributed by atoms with Crippen molar-refractivity contribution in [2.75, 3.05) is 19.1 Å². The van der Waals surface area contributed by atoms with Gasteiger partial charge in [-0.15, -0.1) is 0 Å². The van der Waals surface area contributed by atoms with Crippen LogP contribution in [-0.2, 0) is 11.3 Å². The SMILES string of the molecule is CSCC(=O)N(C)Cc1cc([N+](=O)[O-])ccc1Cl. The quantitative estimate of drug-likeness (QED) is 0.617. The van der Waals surface area contributed by atoms with Crippen LogP contribution in [0.15, 0.2) is 18.2 Å². The Labute approximate surface area is 114 Å². The molecule has 0 fully saturated rings. The van der Waals surface area contributed by atoms with Crippen molar-refractivity contribution in [3.8, 4) is 0 Å². The first-order valence-corrected chi connectivity index (χ1v) is 6.88. The second kappa shape index (κ2) is 6.61. The van der Waals surface area contributed by atoms with E-state index in [1.165, 1.54) is 34.9 Å². The number of rotatable bonds is 5. The molecule has 1 amide bonds.